The van der Waals surface area contributed by atoms with Crippen LogP contribution in [-0.2, 0) is 25.7 Å². The summed E-state index contributed by atoms with van der Waals surface area (Å²) < 4.78 is 0. The summed E-state index contributed by atoms with van der Waals surface area (Å²) in [6, 6.07) is 40.3. The fourth-order valence-corrected chi connectivity index (χ4v) is 17.8. The van der Waals surface area contributed by atoms with Gasteiger partial charge in [-0.05, 0) is 154 Å². The molecule has 0 fully saturated rings. The molecule has 366 valence electrons. The van der Waals surface area contributed by atoms with Crippen LogP contribution in [0.1, 0.15) is 150 Å². The summed E-state index contributed by atoms with van der Waals surface area (Å²) in [5.74, 6) is 0. The average molecular weight is 1070 g/mol. The number of aryl methyl sites for hydroxylation is 4. The third kappa shape index (κ3) is 13.3. The van der Waals surface area contributed by atoms with Gasteiger partial charge in [-0.1, -0.05) is 105 Å². The number of hydrogen-bond donors (Lipinski definition) is 0. The molecule has 0 atom stereocenters. The van der Waals surface area contributed by atoms with E-state index in [1.165, 1.54) is 218 Å². The summed E-state index contributed by atoms with van der Waals surface area (Å²) in [6.45, 7) is 9.18. The quantitative estimate of drug-likeness (QED) is 0.0446. The van der Waals surface area contributed by atoms with Gasteiger partial charge in [0.25, 0.3) is 0 Å². The lowest BCUT2D eigenvalue weighted by molar-refractivity contribution is 0.670. The summed E-state index contributed by atoms with van der Waals surface area (Å²) in [4.78, 5) is 27.8. The molecule has 9 heterocycles. The lowest BCUT2D eigenvalue weighted by Gasteiger charge is -2.13. The molecule has 0 spiro atoms. The van der Waals surface area contributed by atoms with Crippen LogP contribution in [0.4, 0.5) is 0 Å². The van der Waals surface area contributed by atoms with Crippen molar-refractivity contribution in [1.82, 2.24) is 4.98 Å². The number of thiophene rings is 8. The Morgan fingerprint density at radius 1 is 0.257 bits per heavy atom. The fourth-order valence-electron chi connectivity index (χ4n) is 9.17. The van der Waals surface area contributed by atoms with E-state index in [4.69, 9.17) is 4.98 Å². The molecule has 9 aromatic heterocycles. The highest BCUT2D eigenvalue weighted by molar-refractivity contribution is 7.26. The Morgan fingerprint density at radius 2 is 0.500 bits per heavy atom. The second kappa shape index (κ2) is 26.1. The molecule has 9 heteroatoms. The minimum Gasteiger partial charge on any atom is -0.245 e. The zero-order valence-corrected chi connectivity index (χ0v) is 48.2. The molecule has 9 rings (SSSR count). The highest BCUT2D eigenvalue weighted by Gasteiger charge is 2.24. The number of unbranched alkanes of at least 4 members (excludes halogenated alkanes) is 12. The van der Waals surface area contributed by atoms with Crippen molar-refractivity contribution in [2.75, 3.05) is 0 Å². The van der Waals surface area contributed by atoms with Gasteiger partial charge >= 0.3 is 0 Å². The van der Waals surface area contributed by atoms with Gasteiger partial charge in [-0.3, -0.25) is 0 Å². The van der Waals surface area contributed by atoms with Crippen LogP contribution in [0.15, 0.2) is 103 Å². The van der Waals surface area contributed by atoms with Crippen molar-refractivity contribution in [3.63, 3.8) is 0 Å². The van der Waals surface area contributed by atoms with Gasteiger partial charge in [-0.25, -0.2) is 4.98 Å². The monoisotopic (exact) mass is 1070 g/mol. The predicted octanol–water partition coefficient (Wildman–Crippen LogP) is 23.4. The van der Waals surface area contributed by atoms with Crippen molar-refractivity contribution in [3.05, 3.63) is 123 Å². The predicted molar refractivity (Wildman–Crippen MR) is 322 cm³/mol. The molecule has 0 bridgehead atoms. The second-order valence-corrected chi connectivity index (χ2v) is 27.8. The first-order valence-corrected chi connectivity index (χ1v) is 32.9. The second-order valence-electron chi connectivity index (χ2n) is 18.7. The molecular formula is C61H69NS8. The van der Waals surface area contributed by atoms with Crippen molar-refractivity contribution < 1.29 is 0 Å². The first kappa shape index (κ1) is 51.6. The van der Waals surface area contributed by atoms with Crippen molar-refractivity contribution in [2.45, 2.75) is 156 Å². The lowest BCUT2D eigenvalue weighted by Crippen LogP contribution is -1.93. The van der Waals surface area contributed by atoms with Gasteiger partial charge in [0.15, 0.2) is 0 Å². The van der Waals surface area contributed by atoms with Gasteiger partial charge in [0.2, 0.25) is 0 Å². The molecule has 0 aliphatic carbocycles. The van der Waals surface area contributed by atoms with Crippen molar-refractivity contribution >= 4 is 90.7 Å². The van der Waals surface area contributed by atoms with Crippen LogP contribution in [0.3, 0.4) is 0 Å². The summed E-state index contributed by atoms with van der Waals surface area (Å²) >= 11 is 15.6. The molecule has 0 radical (unpaired) electrons. The van der Waals surface area contributed by atoms with Crippen LogP contribution in [0.2, 0.25) is 0 Å². The minimum absolute atomic E-state index is 1.09. The van der Waals surface area contributed by atoms with Gasteiger partial charge in [0, 0.05) is 79.4 Å². The number of pyridine rings is 1. The normalized spacial score (nSPS) is 11.7. The zero-order chi connectivity index (χ0) is 48.1. The largest absolute Gasteiger partial charge is 0.245 e. The van der Waals surface area contributed by atoms with Gasteiger partial charge in [-0.2, -0.15) is 0 Å². The lowest BCUT2D eigenvalue weighted by atomic mass is 10.0. The first-order chi connectivity index (χ1) is 34.5. The standard InChI is InChI=1S/C61H69NS8/c1-5-9-13-17-21-42-25-29-50(63-42)54-35-33-48(67-54)46-41-47(49-34-36-55(68-49)51-30-26-43(64-51)22-18-14-10-6-2)61(59-40-38-57(70-59)53-32-28-45(66-53)24-20-16-12-8-4)62-60(46)58-39-37-56(69-58)52-31-27-44(65-52)23-19-15-11-7-3/h25-41H,5-24H2,1-4H3. The molecule has 0 unspecified atom stereocenters. The maximum atomic E-state index is 5.92. The van der Waals surface area contributed by atoms with E-state index in [1.807, 2.05) is 90.7 Å². The van der Waals surface area contributed by atoms with Gasteiger partial charge in [0.05, 0.1) is 21.1 Å². The van der Waals surface area contributed by atoms with E-state index in [2.05, 4.69) is 131 Å². The molecule has 0 aliphatic rings. The Kier molecular flexibility index (Phi) is 19.3. The smallest absolute Gasteiger partial charge is 0.0896 e. The summed E-state index contributed by atoms with van der Waals surface area (Å²) in [7, 11) is 0. The maximum Gasteiger partial charge on any atom is 0.0896 e. The van der Waals surface area contributed by atoms with Crippen LogP contribution >= 0.6 is 90.7 Å². The fraction of sp³-hybridized carbons (Fsp3) is 0.393. The minimum atomic E-state index is 1.09. The van der Waals surface area contributed by atoms with Gasteiger partial charge in [-0.15, -0.1) is 90.7 Å². The molecule has 0 amide bonds. The molecule has 0 saturated heterocycles. The average Bonchev–Trinajstić information content (AvgIpc) is 4.22. The van der Waals surface area contributed by atoms with Crippen LogP contribution in [0.5, 0.6) is 0 Å². The Bertz CT molecular complexity index is 2590. The molecule has 0 N–H and O–H groups in total. The van der Waals surface area contributed by atoms with E-state index in [-0.39, 0.29) is 0 Å². The van der Waals surface area contributed by atoms with Crippen molar-refractivity contribution in [3.8, 4) is 81.0 Å². The number of hydrogen-bond acceptors (Lipinski definition) is 9. The Hall–Kier alpha value is -3.25. The maximum absolute atomic E-state index is 5.92. The molecule has 1 nitrogen and oxygen atoms in total. The topological polar surface area (TPSA) is 12.9 Å². The number of aromatic nitrogens is 1. The van der Waals surface area contributed by atoms with E-state index in [1.54, 1.807) is 0 Å². The first-order valence-electron chi connectivity index (χ1n) is 26.3. The Labute approximate surface area is 451 Å². The van der Waals surface area contributed by atoms with E-state index < -0.39 is 0 Å². The van der Waals surface area contributed by atoms with Gasteiger partial charge in [0.1, 0.15) is 0 Å². The molecule has 0 aromatic carbocycles. The third-order valence-electron chi connectivity index (χ3n) is 13.2. The van der Waals surface area contributed by atoms with E-state index in [0.717, 1.165) is 11.4 Å². The van der Waals surface area contributed by atoms with E-state index >= 15 is 0 Å². The van der Waals surface area contributed by atoms with Crippen LogP contribution in [0.25, 0.3) is 81.0 Å². The van der Waals surface area contributed by atoms with E-state index in [9.17, 15) is 0 Å². The summed E-state index contributed by atoms with van der Waals surface area (Å²) in [5.41, 5.74) is 4.63. The number of rotatable bonds is 28. The van der Waals surface area contributed by atoms with Crippen LogP contribution in [0, 0.1) is 0 Å². The van der Waals surface area contributed by atoms with Crippen LogP contribution < -0.4 is 0 Å². The molecule has 70 heavy (non-hydrogen) atoms. The third-order valence-corrected chi connectivity index (χ3v) is 23.0. The highest BCUT2D eigenvalue weighted by Crippen LogP contribution is 2.50. The Balaban J connectivity index is 1.12. The molecular weight excluding hydrogens is 1000 g/mol. The van der Waals surface area contributed by atoms with Crippen LogP contribution in [-0.4, -0.2) is 4.98 Å². The SMILES string of the molecule is CCCCCCc1ccc(-c2ccc(-c3cc(-c4ccc(-c5ccc(CCCCCC)s5)s4)c(-c4ccc(-c5ccc(CCCCCC)s5)s4)nc3-c3ccc(-c4ccc(CCCCCC)s4)s3)s2)s1. The molecule has 9 aromatic rings. The van der Waals surface area contributed by atoms with Crippen molar-refractivity contribution in [2.24, 2.45) is 0 Å². The molecule has 0 aliphatic heterocycles. The number of nitrogens with zero attached hydrogens (tertiary/aromatic N) is 1. The Morgan fingerprint density at radius 3 is 0.800 bits per heavy atom. The molecule has 0 saturated carbocycles. The van der Waals surface area contributed by atoms with E-state index in [0.29, 0.717) is 0 Å². The summed E-state index contributed by atoms with van der Waals surface area (Å²) in [6.07, 6.45) is 25.5. The summed E-state index contributed by atoms with van der Waals surface area (Å²) in [5, 5.41) is 0. The van der Waals surface area contributed by atoms with Gasteiger partial charge < -0.3 is 0 Å². The highest BCUT2D eigenvalue weighted by atomic mass is 32.1. The zero-order valence-electron chi connectivity index (χ0n) is 41.7. The van der Waals surface area contributed by atoms with Crippen molar-refractivity contribution in [1.29, 1.82) is 0 Å².